The molecule has 1 N–H and O–H groups in total. The number of carbonyl (C=O) groups is 2. The summed E-state index contributed by atoms with van der Waals surface area (Å²) in [5.41, 5.74) is 1.49. The maximum atomic E-state index is 12.8. The van der Waals surface area contributed by atoms with E-state index >= 15 is 0 Å². The molecule has 2 saturated heterocycles. The van der Waals surface area contributed by atoms with E-state index in [9.17, 15) is 9.59 Å². The summed E-state index contributed by atoms with van der Waals surface area (Å²) in [7, 11) is 1.63. The molecule has 6 heteroatoms. The molecule has 0 unspecified atom stereocenters. The molecule has 26 heavy (non-hydrogen) atoms. The number of hydrogen-bond donors (Lipinski definition) is 1. The maximum absolute atomic E-state index is 12.8. The molecule has 0 bridgehead atoms. The Morgan fingerprint density at radius 3 is 2.46 bits per heavy atom. The van der Waals surface area contributed by atoms with Crippen LogP contribution in [-0.2, 0) is 4.79 Å². The lowest BCUT2D eigenvalue weighted by molar-refractivity contribution is -0.135. The van der Waals surface area contributed by atoms with E-state index in [0.29, 0.717) is 18.8 Å². The van der Waals surface area contributed by atoms with Crippen LogP contribution in [-0.4, -0.2) is 59.9 Å². The lowest BCUT2D eigenvalue weighted by Crippen LogP contribution is -2.43. The zero-order chi connectivity index (χ0) is 18.1. The van der Waals surface area contributed by atoms with Gasteiger partial charge in [0, 0.05) is 49.1 Å². The molecule has 3 heterocycles. The molecule has 1 aromatic heterocycles. The predicted octanol–water partition coefficient (Wildman–Crippen LogP) is 2.65. The highest BCUT2D eigenvalue weighted by atomic mass is 16.5. The number of ether oxygens (including phenoxy) is 1. The zero-order valence-electron chi connectivity index (χ0n) is 15.2. The fourth-order valence-corrected chi connectivity index (χ4v) is 4.04. The van der Waals surface area contributed by atoms with Crippen molar-refractivity contribution in [3.8, 4) is 5.75 Å². The van der Waals surface area contributed by atoms with Crippen LogP contribution in [0.15, 0.2) is 24.3 Å². The van der Waals surface area contributed by atoms with Gasteiger partial charge in [-0.05, 0) is 43.9 Å². The molecule has 0 spiro atoms. The number of hydrogen-bond acceptors (Lipinski definition) is 3. The molecule has 0 saturated carbocycles. The van der Waals surface area contributed by atoms with E-state index in [1.807, 2.05) is 34.1 Å². The lowest BCUT2D eigenvalue weighted by Gasteiger charge is -2.33. The highest BCUT2D eigenvalue weighted by Gasteiger charge is 2.31. The SMILES string of the molecule is COc1ccc2cc(C(=O)N3CCC(C(=O)N4CCCC4)CC3)[nH]c2c1. The molecule has 2 aliphatic heterocycles. The first-order valence-corrected chi connectivity index (χ1v) is 9.40. The minimum atomic E-state index is 0.00670. The molecule has 0 atom stereocenters. The number of H-pyrrole nitrogens is 1. The number of nitrogens with one attached hydrogen (secondary N) is 1. The Kier molecular flexibility index (Phi) is 4.57. The number of aromatic amines is 1. The van der Waals surface area contributed by atoms with Gasteiger partial charge in [-0.1, -0.05) is 0 Å². The van der Waals surface area contributed by atoms with Gasteiger partial charge in [-0.3, -0.25) is 9.59 Å². The molecular formula is C20H25N3O3. The molecule has 6 nitrogen and oxygen atoms in total. The van der Waals surface area contributed by atoms with E-state index in [4.69, 9.17) is 4.74 Å². The number of benzene rings is 1. The molecule has 138 valence electrons. The van der Waals surface area contributed by atoms with Gasteiger partial charge in [0.1, 0.15) is 11.4 Å². The van der Waals surface area contributed by atoms with E-state index in [1.165, 1.54) is 0 Å². The number of rotatable bonds is 3. The average molecular weight is 355 g/mol. The van der Waals surface area contributed by atoms with Crippen molar-refractivity contribution in [2.24, 2.45) is 5.92 Å². The monoisotopic (exact) mass is 355 g/mol. The summed E-state index contributed by atoms with van der Waals surface area (Å²) in [6.07, 6.45) is 3.76. The van der Waals surface area contributed by atoms with Crippen LogP contribution < -0.4 is 4.74 Å². The molecule has 2 fully saturated rings. The zero-order valence-corrected chi connectivity index (χ0v) is 15.2. The molecule has 2 amide bonds. The van der Waals surface area contributed by atoms with Crippen molar-refractivity contribution < 1.29 is 14.3 Å². The van der Waals surface area contributed by atoms with Gasteiger partial charge in [0.05, 0.1) is 7.11 Å². The van der Waals surface area contributed by atoms with Gasteiger partial charge < -0.3 is 19.5 Å². The van der Waals surface area contributed by atoms with E-state index in [0.717, 1.165) is 55.4 Å². The third-order valence-corrected chi connectivity index (χ3v) is 5.61. The molecule has 1 aromatic carbocycles. The van der Waals surface area contributed by atoms with E-state index in [1.54, 1.807) is 7.11 Å². The van der Waals surface area contributed by atoms with Gasteiger partial charge in [0.2, 0.25) is 5.91 Å². The number of aromatic nitrogens is 1. The topological polar surface area (TPSA) is 65.6 Å². The summed E-state index contributed by atoms with van der Waals surface area (Å²) >= 11 is 0. The van der Waals surface area contributed by atoms with Crippen molar-refractivity contribution in [1.29, 1.82) is 0 Å². The van der Waals surface area contributed by atoms with Crippen molar-refractivity contribution in [2.45, 2.75) is 25.7 Å². The van der Waals surface area contributed by atoms with Crippen LogP contribution in [0.1, 0.15) is 36.2 Å². The van der Waals surface area contributed by atoms with Gasteiger partial charge in [-0.25, -0.2) is 0 Å². The number of methoxy groups -OCH3 is 1. The van der Waals surface area contributed by atoms with Gasteiger partial charge in [-0.2, -0.15) is 0 Å². The summed E-state index contributed by atoms with van der Waals surface area (Å²) in [4.78, 5) is 32.4. The van der Waals surface area contributed by atoms with Crippen molar-refractivity contribution >= 4 is 22.7 Å². The van der Waals surface area contributed by atoms with Crippen LogP contribution in [0.4, 0.5) is 0 Å². The summed E-state index contributed by atoms with van der Waals surface area (Å²) in [6, 6.07) is 7.62. The molecule has 2 aromatic rings. The van der Waals surface area contributed by atoms with Crippen molar-refractivity contribution in [2.75, 3.05) is 33.3 Å². The minimum Gasteiger partial charge on any atom is -0.497 e. The van der Waals surface area contributed by atoms with E-state index in [-0.39, 0.29) is 17.7 Å². The third kappa shape index (κ3) is 3.16. The average Bonchev–Trinajstić information content (AvgIpc) is 3.36. The van der Waals surface area contributed by atoms with Crippen LogP contribution in [0.2, 0.25) is 0 Å². The van der Waals surface area contributed by atoms with Crippen molar-refractivity contribution in [3.63, 3.8) is 0 Å². The highest BCUT2D eigenvalue weighted by Crippen LogP contribution is 2.25. The number of fused-ring (bicyclic) bond motifs is 1. The van der Waals surface area contributed by atoms with Crippen molar-refractivity contribution in [1.82, 2.24) is 14.8 Å². The van der Waals surface area contributed by atoms with Crippen LogP contribution in [0.5, 0.6) is 5.75 Å². The second-order valence-electron chi connectivity index (χ2n) is 7.24. The number of likely N-dealkylation sites (tertiary alicyclic amines) is 2. The first-order chi connectivity index (χ1) is 12.7. The number of piperidine rings is 1. The van der Waals surface area contributed by atoms with Gasteiger partial charge in [-0.15, -0.1) is 0 Å². The van der Waals surface area contributed by atoms with Crippen LogP contribution in [0.25, 0.3) is 10.9 Å². The second kappa shape index (κ2) is 7.02. The normalized spacial score (nSPS) is 18.5. The maximum Gasteiger partial charge on any atom is 0.270 e. The summed E-state index contributed by atoms with van der Waals surface area (Å²) in [5, 5.41) is 0.994. The lowest BCUT2D eigenvalue weighted by atomic mass is 9.95. The molecule has 0 radical (unpaired) electrons. The second-order valence-corrected chi connectivity index (χ2v) is 7.24. The predicted molar refractivity (Wildman–Crippen MR) is 99.3 cm³/mol. The van der Waals surface area contributed by atoms with E-state index < -0.39 is 0 Å². The van der Waals surface area contributed by atoms with Gasteiger partial charge in [0.25, 0.3) is 5.91 Å². The van der Waals surface area contributed by atoms with Crippen LogP contribution in [0.3, 0.4) is 0 Å². The minimum absolute atomic E-state index is 0.00670. The van der Waals surface area contributed by atoms with Crippen LogP contribution in [0, 0.1) is 5.92 Å². The Morgan fingerprint density at radius 1 is 1.04 bits per heavy atom. The Labute approximate surface area is 153 Å². The standard InChI is InChI=1S/C20H25N3O3/c1-26-16-5-4-15-12-18(21-17(15)13-16)20(25)23-10-6-14(7-11-23)19(24)22-8-2-3-9-22/h4-5,12-14,21H,2-3,6-11H2,1H3. The summed E-state index contributed by atoms with van der Waals surface area (Å²) in [6.45, 7) is 3.08. The number of nitrogens with zero attached hydrogens (tertiary/aromatic N) is 2. The Balaban J connectivity index is 1.41. The smallest absolute Gasteiger partial charge is 0.270 e. The Bertz CT molecular complexity index is 815. The number of carbonyl (C=O) groups excluding carboxylic acids is 2. The number of amides is 2. The molecular weight excluding hydrogens is 330 g/mol. The van der Waals surface area contributed by atoms with Gasteiger partial charge >= 0.3 is 0 Å². The quantitative estimate of drug-likeness (QED) is 0.920. The molecule has 4 rings (SSSR count). The first-order valence-electron chi connectivity index (χ1n) is 9.40. The first kappa shape index (κ1) is 16.9. The van der Waals surface area contributed by atoms with Gasteiger partial charge in [0.15, 0.2) is 0 Å². The fraction of sp³-hybridized carbons (Fsp3) is 0.500. The Hall–Kier alpha value is -2.50. The fourth-order valence-electron chi connectivity index (χ4n) is 4.04. The van der Waals surface area contributed by atoms with Crippen LogP contribution >= 0.6 is 0 Å². The molecule has 0 aliphatic carbocycles. The van der Waals surface area contributed by atoms with E-state index in [2.05, 4.69) is 4.98 Å². The highest BCUT2D eigenvalue weighted by molar-refractivity contribution is 5.98. The summed E-state index contributed by atoms with van der Waals surface area (Å²) < 4.78 is 5.23. The van der Waals surface area contributed by atoms with Crippen molar-refractivity contribution in [3.05, 3.63) is 30.0 Å². The Morgan fingerprint density at radius 2 is 1.77 bits per heavy atom. The molecule has 2 aliphatic rings. The third-order valence-electron chi connectivity index (χ3n) is 5.61. The largest absolute Gasteiger partial charge is 0.497 e. The summed E-state index contributed by atoms with van der Waals surface area (Å²) in [5.74, 6) is 1.13.